The van der Waals surface area contributed by atoms with Crippen LogP contribution in [0.2, 0.25) is 0 Å². The number of aromatic nitrogens is 3. The fraction of sp³-hybridized carbons (Fsp3) is 0.250. The Morgan fingerprint density at radius 3 is 2.61 bits per heavy atom. The van der Waals surface area contributed by atoms with E-state index in [0.717, 1.165) is 22.8 Å². The van der Waals surface area contributed by atoms with E-state index in [9.17, 15) is 0 Å². The molecule has 3 rings (SSSR count). The van der Waals surface area contributed by atoms with Crippen LogP contribution in [0, 0.1) is 6.92 Å². The third-order valence-corrected chi connectivity index (χ3v) is 2.55. The Hall–Kier alpha value is -2.37. The summed E-state index contributed by atoms with van der Waals surface area (Å²) in [5.41, 5.74) is 1.92. The van der Waals surface area contributed by atoms with Crippen LogP contribution in [0.4, 0.5) is 0 Å². The number of hydrogen-bond donors (Lipinski definition) is 0. The van der Waals surface area contributed by atoms with Crippen molar-refractivity contribution in [2.24, 2.45) is 5.10 Å². The highest BCUT2D eigenvalue weighted by atomic mass is 16.5. The molecule has 1 aromatic heterocycles. The standard InChI is InChI=1S/C12H12N4O2/c1-9-2-3-11-12(4-9)18-6-10(5-17-11)15-16-7-13-14-8-16/h2-4,7-8H,5-6H2,1H3/b15-10+. The van der Waals surface area contributed by atoms with Crippen molar-refractivity contribution in [3.05, 3.63) is 36.4 Å². The quantitative estimate of drug-likeness (QED) is 0.757. The molecule has 0 amide bonds. The Morgan fingerprint density at radius 1 is 1.11 bits per heavy atom. The second-order valence-electron chi connectivity index (χ2n) is 4.04. The molecule has 0 saturated heterocycles. The highest BCUT2D eigenvalue weighted by Gasteiger charge is 2.14. The van der Waals surface area contributed by atoms with Crippen molar-refractivity contribution < 1.29 is 9.47 Å². The summed E-state index contributed by atoms with van der Waals surface area (Å²) in [6.07, 6.45) is 3.05. The molecule has 18 heavy (non-hydrogen) atoms. The van der Waals surface area contributed by atoms with E-state index in [1.54, 1.807) is 0 Å². The van der Waals surface area contributed by atoms with E-state index in [1.165, 1.54) is 17.3 Å². The van der Waals surface area contributed by atoms with E-state index < -0.39 is 0 Å². The summed E-state index contributed by atoms with van der Waals surface area (Å²) in [6.45, 7) is 2.81. The van der Waals surface area contributed by atoms with Crippen LogP contribution in [0.25, 0.3) is 0 Å². The van der Waals surface area contributed by atoms with Gasteiger partial charge < -0.3 is 9.47 Å². The van der Waals surface area contributed by atoms with E-state index in [-0.39, 0.29) is 0 Å². The van der Waals surface area contributed by atoms with Crippen LogP contribution in [-0.4, -0.2) is 33.8 Å². The molecule has 0 radical (unpaired) electrons. The number of rotatable bonds is 1. The number of hydrogen-bond acceptors (Lipinski definition) is 5. The van der Waals surface area contributed by atoms with Gasteiger partial charge in [0.15, 0.2) is 11.5 Å². The topological polar surface area (TPSA) is 61.5 Å². The molecule has 6 nitrogen and oxygen atoms in total. The highest BCUT2D eigenvalue weighted by molar-refractivity contribution is 5.87. The Bertz CT molecular complexity index is 578. The smallest absolute Gasteiger partial charge is 0.162 e. The van der Waals surface area contributed by atoms with Gasteiger partial charge in [-0.05, 0) is 24.6 Å². The highest BCUT2D eigenvalue weighted by Crippen LogP contribution is 2.29. The third-order valence-electron chi connectivity index (χ3n) is 2.55. The molecule has 6 heteroatoms. The Balaban J connectivity index is 1.82. The maximum Gasteiger partial charge on any atom is 0.162 e. The Kier molecular flexibility index (Phi) is 2.68. The summed E-state index contributed by atoms with van der Waals surface area (Å²) in [5.74, 6) is 1.50. The van der Waals surface area contributed by atoms with Gasteiger partial charge in [0, 0.05) is 0 Å². The van der Waals surface area contributed by atoms with Crippen LogP contribution >= 0.6 is 0 Å². The Labute approximate surface area is 104 Å². The van der Waals surface area contributed by atoms with Crippen molar-refractivity contribution >= 4 is 5.71 Å². The maximum atomic E-state index is 5.68. The SMILES string of the molecule is Cc1ccc2c(c1)OC/C(=N/n1cnnc1)CO2. The Morgan fingerprint density at radius 2 is 1.83 bits per heavy atom. The van der Waals surface area contributed by atoms with E-state index >= 15 is 0 Å². The summed E-state index contributed by atoms with van der Waals surface area (Å²) in [4.78, 5) is 0. The van der Waals surface area contributed by atoms with Gasteiger partial charge in [-0.2, -0.15) is 5.10 Å². The van der Waals surface area contributed by atoms with Gasteiger partial charge in [-0.1, -0.05) is 6.07 Å². The van der Waals surface area contributed by atoms with Gasteiger partial charge >= 0.3 is 0 Å². The minimum absolute atomic E-state index is 0.397. The minimum atomic E-state index is 0.397. The predicted octanol–water partition coefficient (Wildman–Crippen LogP) is 1.26. The number of aryl methyl sites for hydroxylation is 1. The second-order valence-corrected chi connectivity index (χ2v) is 4.04. The molecule has 1 aliphatic heterocycles. The summed E-state index contributed by atoms with van der Waals surface area (Å²) in [6, 6.07) is 5.85. The van der Waals surface area contributed by atoms with Crippen LogP contribution < -0.4 is 9.47 Å². The normalized spacial score (nSPS) is 16.6. The van der Waals surface area contributed by atoms with Gasteiger partial charge in [0.05, 0.1) is 0 Å². The molecule has 0 unspecified atom stereocenters. The lowest BCUT2D eigenvalue weighted by Gasteiger charge is -2.06. The zero-order valence-electron chi connectivity index (χ0n) is 9.91. The maximum absolute atomic E-state index is 5.68. The summed E-state index contributed by atoms with van der Waals surface area (Å²) >= 11 is 0. The molecule has 2 aromatic rings. The zero-order chi connectivity index (χ0) is 12.4. The lowest BCUT2D eigenvalue weighted by molar-refractivity contribution is 0.354. The van der Waals surface area contributed by atoms with Crippen LogP contribution in [0.1, 0.15) is 5.56 Å². The van der Waals surface area contributed by atoms with E-state index in [0.29, 0.717) is 13.2 Å². The fourth-order valence-corrected chi connectivity index (χ4v) is 1.68. The van der Waals surface area contributed by atoms with Crippen molar-refractivity contribution in [3.63, 3.8) is 0 Å². The first-order valence-electron chi connectivity index (χ1n) is 5.59. The molecule has 1 aromatic carbocycles. The summed E-state index contributed by atoms with van der Waals surface area (Å²) < 4.78 is 12.9. The third kappa shape index (κ3) is 2.17. The summed E-state index contributed by atoms with van der Waals surface area (Å²) in [7, 11) is 0. The number of nitrogens with zero attached hydrogens (tertiary/aromatic N) is 4. The molecule has 92 valence electrons. The molecule has 2 heterocycles. The van der Waals surface area contributed by atoms with Gasteiger partial charge in [-0.25, -0.2) is 4.68 Å². The monoisotopic (exact) mass is 244 g/mol. The van der Waals surface area contributed by atoms with Crippen molar-refractivity contribution in [3.8, 4) is 11.5 Å². The second kappa shape index (κ2) is 4.48. The van der Waals surface area contributed by atoms with Crippen LogP contribution in [0.3, 0.4) is 0 Å². The predicted molar refractivity (Wildman–Crippen MR) is 65.0 cm³/mol. The van der Waals surface area contributed by atoms with Gasteiger partial charge in [0.2, 0.25) is 0 Å². The van der Waals surface area contributed by atoms with E-state index in [2.05, 4.69) is 15.3 Å². The molecule has 0 atom stereocenters. The van der Waals surface area contributed by atoms with Crippen molar-refractivity contribution in [2.75, 3.05) is 13.2 Å². The molecule has 0 bridgehead atoms. The molecule has 1 aliphatic rings. The molecule has 0 saturated carbocycles. The molecular weight excluding hydrogens is 232 g/mol. The molecular formula is C12H12N4O2. The minimum Gasteiger partial charge on any atom is -0.484 e. The first kappa shape index (κ1) is 10.8. The number of fused-ring (bicyclic) bond motifs is 1. The number of ether oxygens (including phenoxy) is 2. The first-order chi connectivity index (χ1) is 8.81. The zero-order valence-corrected chi connectivity index (χ0v) is 9.91. The molecule has 0 N–H and O–H groups in total. The van der Waals surface area contributed by atoms with E-state index in [4.69, 9.17) is 9.47 Å². The van der Waals surface area contributed by atoms with Gasteiger partial charge in [-0.3, -0.25) is 0 Å². The number of benzene rings is 1. The van der Waals surface area contributed by atoms with Gasteiger partial charge in [0.1, 0.15) is 31.6 Å². The molecule has 0 fully saturated rings. The van der Waals surface area contributed by atoms with Gasteiger partial charge in [0.25, 0.3) is 0 Å². The largest absolute Gasteiger partial charge is 0.484 e. The first-order valence-corrected chi connectivity index (χ1v) is 5.59. The lowest BCUT2D eigenvalue weighted by Crippen LogP contribution is -2.17. The van der Waals surface area contributed by atoms with E-state index in [1.807, 2.05) is 25.1 Å². The van der Waals surface area contributed by atoms with Crippen molar-refractivity contribution in [1.29, 1.82) is 0 Å². The average molecular weight is 244 g/mol. The van der Waals surface area contributed by atoms with Gasteiger partial charge in [-0.15, -0.1) is 10.2 Å². The van der Waals surface area contributed by atoms with Crippen molar-refractivity contribution in [1.82, 2.24) is 14.9 Å². The fourth-order valence-electron chi connectivity index (χ4n) is 1.68. The molecule has 0 spiro atoms. The molecule has 0 aliphatic carbocycles. The van der Waals surface area contributed by atoms with Crippen LogP contribution in [-0.2, 0) is 0 Å². The lowest BCUT2D eigenvalue weighted by atomic mass is 10.2. The average Bonchev–Trinajstić information content (AvgIpc) is 2.79. The van der Waals surface area contributed by atoms with Crippen LogP contribution in [0.5, 0.6) is 11.5 Å². The van der Waals surface area contributed by atoms with Crippen LogP contribution in [0.15, 0.2) is 36.0 Å². The summed E-state index contributed by atoms with van der Waals surface area (Å²) in [5, 5.41) is 11.7. The van der Waals surface area contributed by atoms with Crippen molar-refractivity contribution in [2.45, 2.75) is 6.92 Å².